The van der Waals surface area contributed by atoms with Crippen molar-refractivity contribution in [3.05, 3.63) is 45.6 Å². The molecule has 0 radical (unpaired) electrons. The summed E-state index contributed by atoms with van der Waals surface area (Å²) >= 11 is 3.83. The van der Waals surface area contributed by atoms with Gasteiger partial charge in [-0.25, -0.2) is 9.97 Å². The van der Waals surface area contributed by atoms with Crippen LogP contribution in [0.3, 0.4) is 0 Å². The Hall–Kier alpha value is -1.21. The van der Waals surface area contributed by atoms with Gasteiger partial charge in [0.15, 0.2) is 0 Å². The third kappa shape index (κ3) is 2.12. The number of halogens is 1. The summed E-state index contributed by atoms with van der Waals surface area (Å²) in [6.45, 7) is 0. The van der Waals surface area contributed by atoms with E-state index in [1.807, 2.05) is 35.7 Å². The molecule has 0 N–H and O–H groups in total. The van der Waals surface area contributed by atoms with E-state index >= 15 is 0 Å². The Morgan fingerprint density at radius 2 is 2.00 bits per heavy atom. The summed E-state index contributed by atoms with van der Waals surface area (Å²) in [6.07, 6.45) is 1.53. The molecule has 0 saturated carbocycles. The van der Waals surface area contributed by atoms with Crippen LogP contribution in [-0.2, 0) is 0 Å². The monoisotopic (exact) mass is 354 g/mol. The number of ether oxygens (including phenoxy) is 1. The van der Waals surface area contributed by atoms with Crippen LogP contribution < -0.4 is 4.74 Å². The predicted molar refractivity (Wildman–Crippen MR) is 76.6 cm³/mol. The first-order valence-corrected chi connectivity index (χ1v) is 6.91. The van der Waals surface area contributed by atoms with Gasteiger partial charge in [-0.15, -0.1) is 11.3 Å². The van der Waals surface area contributed by atoms with Crippen molar-refractivity contribution in [1.82, 2.24) is 9.97 Å². The average Bonchev–Trinajstić information content (AvgIpc) is 2.81. The summed E-state index contributed by atoms with van der Waals surface area (Å²) in [4.78, 5) is 8.37. The lowest BCUT2D eigenvalue weighted by atomic mass is 10.3. The fourth-order valence-corrected chi connectivity index (χ4v) is 2.74. The molecule has 0 aliphatic heterocycles. The van der Waals surface area contributed by atoms with Gasteiger partial charge in [0.05, 0.1) is 9.09 Å². The maximum absolute atomic E-state index is 5.83. The molecule has 3 nitrogen and oxygen atoms in total. The molecule has 0 bridgehead atoms. The first kappa shape index (κ1) is 10.9. The van der Waals surface area contributed by atoms with Crippen molar-refractivity contribution in [2.45, 2.75) is 0 Å². The Labute approximate surface area is 116 Å². The lowest BCUT2D eigenvalue weighted by Crippen LogP contribution is -1.90. The Morgan fingerprint density at radius 3 is 2.88 bits per heavy atom. The zero-order chi connectivity index (χ0) is 11.7. The quantitative estimate of drug-likeness (QED) is 0.651. The van der Waals surface area contributed by atoms with Crippen LogP contribution in [0.2, 0.25) is 0 Å². The molecule has 3 aromatic rings. The molecule has 5 heteroatoms. The van der Waals surface area contributed by atoms with Gasteiger partial charge in [-0.1, -0.05) is 12.1 Å². The maximum Gasteiger partial charge on any atom is 0.240 e. The Balaban J connectivity index is 2.06. The van der Waals surface area contributed by atoms with Crippen LogP contribution in [0.1, 0.15) is 0 Å². The van der Waals surface area contributed by atoms with E-state index in [9.17, 15) is 0 Å². The van der Waals surface area contributed by atoms with E-state index < -0.39 is 0 Å². The van der Waals surface area contributed by atoms with E-state index in [0.29, 0.717) is 5.88 Å². The number of rotatable bonds is 2. The molecule has 0 aliphatic carbocycles. The maximum atomic E-state index is 5.83. The zero-order valence-corrected chi connectivity index (χ0v) is 11.6. The number of benzene rings is 1. The normalized spacial score (nSPS) is 10.6. The van der Waals surface area contributed by atoms with E-state index in [2.05, 4.69) is 32.6 Å². The smallest absolute Gasteiger partial charge is 0.240 e. The number of hydrogen-bond donors (Lipinski definition) is 0. The molecule has 0 saturated heterocycles. The minimum Gasteiger partial charge on any atom is -0.436 e. The number of hydrogen-bond acceptors (Lipinski definition) is 4. The van der Waals surface area contributed by atoms with Crippen molar-refractivity contribution >= 4 is 44.1 Å². The van der Waals surface area contributed by atoms with Gasteiger partial charge in [-0.05, 0) is 46.2 Å². The van der Waals surface area contributed by atoms with Gasteiger partial charge in [0, 0.05) is 0 Å². The molecule has 0 spiro atoms. The van der Waals surface area contributed by atoms with E-state index in [4.69, 9.17) is 4.74 Å². The van der Waals surface area contributed by atoms with Gasteiger partial charge < -0.3 is 4.74 Å². The molecule has 1 aromatic carbocycles. The summed E-state index contributed by atoms with van der Waals surface area (Å²) in [5, 5.41) is 1.99. The SMILES string of the molecule is Ic1ccccc1Oc1ncnc2ccsc12. The fourth-order valence-electron chi connectivity index (χ4n) is 1.47. The van der Waals surface area contributed by atoms with Crippen LogP contribution in [0.4, 0.5) is 0 Å². The minimum absolute atomic E-state index is 0.620. The Morgan fingerprint density at radius 1 is 1.12 bits per heavy atom. The second-order valence-electron chi connectivity index (χ2n) is 3.35. The summed E-state index contributed by atoms with van der Waals surface area (Å²) in [5.74, 6) is 1.44. The van der Waals surface area contributed by atoms with Gasteiger partial charge in [-0.2, -0.15) is 0 Å². The molecule has 3 rings (SSSR count). The number of thiophene rings is 1. The van der Waals surface area contributed by atoms with E-state index in [-0.39, 0.29) is 0 Å². The van der Waals surface area contributed by atoms with Crippen LogP contribution in [0.5, 0.6) is 11.6 Å². The molecule has 2 aromatic heterocycles. The van der Waals surface area contributed by atoms with Crippen molar-refractivity contribution in [2.75, 3.05) is 0 Å². The van der Waals surface area contributed by atoms with Crippen molar-refractivity contribution < 1.29 is 4.74 Å². The third-order valence-electron chi connectivity index (χ3n) is 2.25. The standard InChI is InChI=1S/C12H7IN2OS/c13-8-3-1-2-4-10(8)16-12-11-9(5-6-17-11)14-7-15-12/h1-7H. The van der Waals surface area contributed by atoms with Gasteiger partial charge in [-0.3, -0.25) is 0 Å². The van der Waals surface area contributed by atoms with Gasteiger partial charge in [0.25, 0.3) is 0 Å². The third-order valence-corrected chi connectivity index (χ3v) is 4.04. The molecule has 0 amide bonds. The van der Waals surface area contributed by atoms with Crippen LogP contribution in [0.15, 0.2) is 42.0 Å². The Bertz CT molecular complexity index is 668. The number of fused-ring (bicyclic) bond motifs is 1. The highest BCUT2D eigenvalue weighted by Gasteiger charge is 2.08. The highest BCUT2D eigenvalue weighted by Crippen LogP contribution is 2.32. The summed E-state index contributed by atoms with van der Waals surface area (Å²) < 4.78 is 7.87. The first-order valence-electron chi connectivity index (χ1n) is 4.95. The number of aromatic nitrogens is 2. The average molecular weight is 354 g/mol. The summed E-state index contributed by atoms with van der Waals surface area (Å²) in [5.41, 5.74) is 0.922. The second kappa shape index (κ2) is 4.58. The summed E-state index contributed by atoms with van der Waals surface area (Å²) in [6, 6.07) is 9.83. The van der Waals surface area contributed by atoms with Gasteiger partial charge in [0.1, 0.15) is 16.8 Å². The topological polar surface area (TPSA) is 35.0 Å². The number of nitrogens with zero attached hydrogens (tertiary/aromatic N) is 2. The highest BCUT2D eigenvalue weighted by molar-refractivity contribution is 14.1. The minimum atomic E-state index is 0.620. The second-order valence-corrected chi connectivity index (χ2v) is 5.42. The molecule has 0 unspecified atom stereocenters. The van der Waals surface area contributed by atoms with Crippen molar-refractivity contribution in [3.63, 3.8) is 0 Å². The van der Waals surface area contributed by atoms with Crippen molar-refractivity contribution in [2.24, 2.45) is 0 Å². The number of para-hydroxylation sites is 1. The van der Waals surface area contributed by atoms with E-state index in [0.717, 1.165) is 19.5 Å². The molecule has 17 heavy (non-hydrogen) atoms. The molecule has 0 atom stereocenters. The van der Waals surface area contributed by atoms with Crippen LogP contribution in [0, 0.1) is 3.57 Å². The molecular weight excluding hydrogens is 347 g/mol. The summed E-state index contributed by atoms with van der Waals surface area (Å²) in [7, 11) is 0. The molecule has 0 fully saturated rings. The van der Waals surface area contributed by atoms with Crippen molar-refractivity contribution in [1.29, 1.82) is 0 Å². The molecule has 0 aliphatic rings. The van der Waals surface area contributed by atoms with Gasteiger partial charge in [0.2, 0.25) is 5.88 Å². The largest absolute Gasteiger partial charge is 0.436 e. The lowest BCUT2D eigenvalue weighted by Gasteiger charge is -2.06. The Kier molecular flexibility index (Phi) is 2.94. The first-order chi connectivity index (χ1) is 8.34. The van der Waals surface area contributed by atoms with Crippen LogP contribution in [0.25, 0.3) is 10.2 Å². The van der Waals surface area contributed by atoms with Crippen LogP contribution in [-0.4, -0.2) is 9.97 Å². The molecular formula is C12H7IN2OS. The lowest BCUT2D eigenvalue weighted by molar-refractivity contribution is 0.466. The fraction of sp³-hybridized carbons (Fsp3) is 0. The predicted octanol–water partition coefficient (Wildman–Crippen LogP) is 4.09. The van der Waals surface area contributed by atoms with E-state index in [1.54, 1.807) is 11.3 Å². The van der Waals surface area contributed by atoms with Gasteiger partial charge >= 0.3 is 0 Å². The molecule has 84 valence electrons. The van der Waals surface area contributed by atoms with E-state index in [1.165, 1.54) is 6.33 Å². The molecule has 2 heterocycles. The van der Waals surface area contributed by atoms with Crippen LogP contribution >= 0.6 is 33.9 Å². The zero-order valence-electron chi connectivity index (χ0n) is 8.63. The highest BCUT2D eigenvalue weighted by atomic mass is 127. The van der Waals surface area contributed by atoms with Crippen molar-refractivity contribution in [3.8, 4) is 11.6 Å².